The summed E-state index contributed by atoms with van der Waals surface area (Å²) >= 11 is 0. The number of nitrogens with one attached hydrogen (secondary N) is 2. The van der Waals surface area contributed by atoms with E-state index >= 15 is 0 Å². The molecular formula is C26H29N3O4S. The van der Waals surface area contributed by atoms with Gasteiger partial charge in [-0.3, -0.25) is 14.3 Å². The van der Waals surface area contributed by atoms with Crippen molar-refractivity contribution in [2.45, 2.75) is 44.4 Å². The lowest BCUT2D eigenvalue weighted by molar-refractivity contribution is -0.117. The van der Waals surface area contributed by atoms with Crippen LogP contribution in [0.1, 0.15) is 47.8 Å². The summed E-state index contributed by atoms with van der Waals surface area (Å²) < 4.78 is 28.9. The summed E-state index contributed by atoms with van der Waals surface area (Å²) in [5.41, 5.74) is 8.39. The fourth-order valence-electron chi connectivity index (χ4n) is 3.40. The van der Waals surface area contributed by atoms with Crippen molar-refractivity contribution in [3.63, 3.8) is 0 Å². The van der Waals surface area contributed by atoms with Crippen LogP contribution in [0, 0.1) is 6.92 Å². The second-order valence-electron chi connectivity index (χ2n) is 9.21. The number of anilines is 2. The fraction of sp³-hybridized carbons (Fsp3) is 0.231. The zero-order valence-electron chi connectivity index (χ0n) is 19.7. The van der Waals surface area contributed by atoms with E-state index in [1.807, 2.05) is 26.8 Å². The molecule has 0 aromatic heterocycles. The topological polar surface area (TPSA) is 118 Å². The van der Waals surface area contributed by atoms with Gasteiger partial charge < -0.3 is 11.1 Å². The summed E-state index contributed by atoms with van der Waals surface area (Å²) in [6.45, 7) is 7.82. The summed E-state index contributed by atoms with van der Waals surface area (Å²) in [5, 5.41) is 2.76. The first-order chi connectivity index (χ1) is 15.8. The van der Waals surface area contributed by atoms with Gasteiger partial charge in [-0.05, 0) is 65.4 Å². The minimum absolute atomic E-state index is 0.120. The molecule has 3 aromatic rings. The molecule has 0 unspecified atom stereocenters. The average molecular weight is 480 g/mol. The molecule has 3 rings (SSSR count). The maximum absolute atomic E-state index is 13.1. The summed E-state index contributed by atoms with van der Waals surface area (Å²) in [7, 11) is -3.86. The molecule has 0 aliphatic carbocycles. The number of nitrogens with two attached hydrogens (primary N) is 1. The quantitative estimate of drug-likeness (QED) is 0.466. The Labute approximate surface area is 200 Å². The number of hydrogen-bond acceptors (Lipinski definition) is 4. The highest BCUT2D eigenvalue weighted by Crippen LogP contribution is 2.28. The third-order valence-corrected chi connectivity index (χ3v) is 6.83. The van der Waals surface area contributed by atoms with E-state index in [1.165, 1.54) is 6.07 Å². The Balaban J connectivity index is 1.79. The number of sulfonamides is 1. The van der Waals surface area contributed by atoms with E-state index in [0.29, 0.717) is 16.8 Å². The van der Waals surface area contributed by atoms with Gasteiger partial charge in [-0.15, -0.1) is 0 Å². The van der Waals surface area contributed by atoms with Gasteiger partial charge in [0.15, 0.2) is 0 Å². The van der Waals surface area contributed by atoms with Crippen LogP contribution in [0.2, 0.25) is 0 Å². The number of amides is 2. The predicted octanol–water partition coefficient (Wildman–Crippen LogP) is 4.37. The SMILES string of the molecule is Cc1ccc(C(C)(C)C)cc1S(=O)(=O)Nc1cccc(C(=O)Nc2ccc(CC(N)=O)cc2)c1. The molecule has 0 aliphatic heterocycles. The van der Waals surface area contributed by atoms with Gasteiger partial charge in [0.1, 0.15) is 0 Å². The van der Waals surface area contributed by atoms with Crippen molar-refractivity contribution in [1.29, 1.82) is 0 Å². The highest BCUT2D eigenvalue weighted by atomic mass is 32.2. The normalized spacial score (nSPS) is 11.6. The van der Waals surface area contributed by atoms with Crippen LogP contribution in [-0.4, -0.2) is 20.2 Å². The van der Waals surface area contributed by atoms with E-state index in [-0.39, 0.29) is 22.4 Å². The number of aryl methyl sites for hydroxylation is 1. The van der Waals surface area contributed by atoms with Crippen molar-refractivity contribution < 1.29 is 18.0 Å². The highest BCUT2D eigenvalue weighted by Gasteiger charge is 2.22. The van der Waals surface area contributed by atoms with Crippen molar-refractivity contribution in [3.8, 4) is 0 Å². The minimum atomic E-state index is -3.86. The number of carbonyl (C=O) groups is 2. The molecule has 4 N–H and O–H groups in total. The van der Waals surface area contributed by atoms with Crippen LogP contribution in [0.5, 0.6) is 0 Å². The molecule has 2 amide bonds. The number of hydrogen-bond donors (Lipinski definition) is 3. The number of primary amides is 1. The lowest BCUT2D eigenvalue weighted by Crippen LogP contribution is -2.18. The van der Waals surface area contributed by atoms with Gasteiger partial charge in [-0.1, -0.05) is 51.1 Å². The van der Waals surface area contributed by atoms with E-state index in [1.54, 1.807) is 61.5 Å². The molecule has 34 heavy (non-hydrogen) atoms. The molecule has 0 fully saturated rings. The molecule has 0 saturated carbocycles. The van der Waals surface area contributed by atoms with Gasteiger partial charge in [-0.25, -0.2) is 8.42 Å². The van der Waals surface area contributed by atoms with Crippen LogP contribution in [0.15, 0.2) is 71.6 Å². The Morgan fingerprint density at radius 3 is 2.21 bits per heavy atom. The van der Waals surface area contributed by atoms with Crippen molar-refractivity contribution >= 4 is 33.2 Å². The Bertz CT molecular complexity index is 1320. The van der Waals surface area contributed by atoms with E-state index in [9.17, 15) is 18.0 Å². The Morgan fingerprint density at radius 2 is 1.59 bits per heavy atom. The first-order valence-corrected chi connectivity index (χ1v) is 12.3. The Morgan fingerprint density at radius 1 is 0.912 bits per heavy atom. The molecule has 8 heteroatoms. The molecule has 0 bridgehead atoms. The van der Waals surface area contributed by atoms with E-state index in [0.717, 1.165) is 11.1 Å². The van der Waals surface area contributed by atoms with Crippen LogP contribution in [0.4, 0.5) is 11.4 Å². The van der Waals surface area contributed by atoms with Gasteiger partial charge in [0.2, 0.25) is 5.91 Å². The van der Waals surface area contributed by atoms with Gasteiger partial charge in [0.05, 0.1) is 11.3 Å². The fourth-order valence-corrected chi connectivity index (χ4v) is 4.72. The van der Waals surface area contributed by atoms with Crippen molar-refractivity contribution in [2.75, 3.05) is 10.0 Å². The van der Waals surface area contributed by atoms with E-state index in [4.69, 9.17) is 5.73 Å². The third kappa shape index (κ3) is 6.23. The van der Waals surface area contributed by atoms with Gasteiger partial charge in [0.25, 0.3) is 15.9 Å². The van der Waals surface area contributed by atoms with Crippen LogP contribution < -0.4 is 15.8 Å². The third-order valence-electron chi connectivity index (χ3n) is 5.31. The summed E-state index contributed by atoms with van der Waals surface area (Å²) in [5.74, 6) is -0.828. The minimum Gasteiger partial charge on any atom is -0.369 e. The lowest BCUT2D eigenvalue weighted by atomic mass is 9.87. The van der Waals surface area contributed by atoms with E-state index < -0.39 is 21.8 Å². The second kappa shape index (κ2) is 9.69. The molecule has 0 saturated heterocycles. The van der Waals surface area contributed by atoms with Crippen molar-refractivity contribution in [2.24, 2.45) is 5.73 Å². The zero-order valence-corrected chi connectivity index (χ0v) is 20.5. The summed E-state index contributed by atoms with van der Waals surface area (Å²) in [6, 6.07) is 18.5. The monoisotopic (exact) mass is 479 g/mol. The standard InChI is InChI=1S/C26H29N3O4S/c1-17-8-11-20(26(2,3)4)16-23(17)34(32,33)29-22-7-5-6-19(15-22)25(31)28-21-12-9-18(10-13-21)14-24(27)30/h5-13,15-16,29H,14H2,1-4H3,(H2,27,30)(H,28,31). The zero-order chi connectivity index (χ0) is 25.1. The molecular weight excluding hydrogens is 450 g/mol. The molecule has 0 aliphatic rings. The molecule has 0 atom stereocenters. The largest absolute Gasteiger partial charge is 0.369 e. The second-order valence-corrected chi connectivity index (χ2v) is 10.9. The van der Waals surface area contributed by atoms with Crippen LogP contribution in [0.3, 0.4) is 0 Å². The van der Waals surface area contributed by atoms with Crippen molar-refractivity contribution in [3.05, 3.63) is 89.0 Å². The summed E-state index contributed by atoms with van der Waals surface area (Å²) in [4.78, 5) is 23.9. The summed E-state index contributed by atoms with van der Waals surface area (Å²) in [6.07, 6.45) is 0.120. The van der Waals surface area contributed by atoms with Crippen LogP contribution >= 0.6 is 0 Å². The molecule has 0 radical (unpaired) electrons. The molecule has 178 valence electrons. The number of rotatable bonds is 7. The maximum atomic E-state index is 13.1. The van der Waals surface area contributed by atoms with Gasteiger partial charge in [0, 0.05) is 16.9 Å². The van der Waals surface area contributed by atoms with Crippen LogP contribution in [0.25, 0.3) is 0 Å². The first kappa shape index (κ1) is 25.0. The van der Waals surface area contributed by atoms with Gasteiger partial charge in [-0.2, -0.15) is 0 Å². The van der Waals surface area contributed by atoms with Gasteiger partial charge >= 0.3 is 0 Å². The first-order valence-electron chi connectivity index (χ1n) is 10.8. The molecule has 0 spiro atoms. The predicted molar refractivity (Wildman–Crippen MR) is 134 cm³/mol. The highest BCUT2D eigenvalue weighted by molar-refractivity contribution is 7.92. The smallest absolute Gasteiger partial charge is 0.262 e. The maximum Gasteiger partial charge on any atom is 0.262 e. The number of benzene rings is 3. The van der Waals surface area contributed by atoms with Crippen molar-refractivity contribution in [1.82, 2.24) is 0 Å². The molecule has 0 heterocycles. The molecule has 7 nitrogen and oxygen atoms in total. The average Bonchev–Trinajstić information content (AvgIpc) is 2.74. The Kier molecular flexibility index (Phi) is 7.12. The van der Waals surface area contributed by atoms with E-state index in [2.05, 4.69) is 10.0 Å². The lowest BCUT2D eigenvalue weighted by Gasteiger charge is -2.21. The Hall–Kier alpha value is -3.65. The number of carbonyl (C=O) groups excluding carboxylic acids is 2. The van der Waals surface area contributed by atoms with Crippen LogP contribution in [-0.2, 0) is 26.7 Å². The molecule has 3 aromatic carbocycles.